The summed E-state index contributed by atoms with van der Waals surface area (Å²) < 4.78 is 5.89. The zero-order valence-corrected chi connectivity index (χ0v) is 12.7. The minimum absolute atomic E-state index is 0.0601. The van der Waals surface area contributed by atoms with E-state index in [4.69, 9.17) is 15.7 Å². The molecule has 116 valence electrons. The summed E-state index contributed by atoms with van der Waals surface area (Å²) in [6.07, 6.45) is 4.07. The van der Waals surface area contributed by atoms with Gasteiger partial charge in [0, 0.05) is 32.7 Å². The third kappa shape index (κ3) is 3.84. The van der Waals surface area contributed by atoms with Crippen LogP contribution in [-0.2, 0) is 4.74 Å². The predicted octanol–water partition coefficient (Wildman–Crippen LogP) is 0.697. The quantitative estimate of drug-likeness (QED) is 0.336. The highest BCUT2D eigenvalue weighted by Gasteiger charge is 2.28. The lowest BCUT2D eigenvalue weighted by atomic mass is 10.1. The summed E-state index contributed by atoms with van der Waals surface area (Å²) in [6.45, 7) is 9.27. The standard InChI is InChI=1S/C14H28N4O2/c1-3-13(14(15)16-19)18-8-6-17(7-9-18)10-12-5-4-11(2)20-12/h11-13,19H,3-10H2,1-2H3,(H2,15,16). The molecule has 0 spiro atoms. The Hall–Kier alpha value is -0.850. The molecule has 0 bridgehead atoms. The Morgan fingerprint density at radius 1 is 1.35 bits per heavy atom. The smallest absolute Gasteiger partial charge is 0.156 e. The highest BCUT2D eigenvalue weighted by Crippen LogP contribution is 2.20. The van der Waals surface area contributed by atoms with Gasteiger partial charge in [-0.3, -0.25) is 9.80 Å². The number of ether oxygens (including phenoxy) is 1. The molecule has 0 aromatic carbocycles. The summed E-state index contributed by atoms with van der Waals surface area (Å²) in [7, 11) is 0. The van der Waals surface area contributed by atoms with Crippen molar-refractivity contribution < 1.29 is 9.94 Å². The molecule has 2 heterocycles. The molecule has 20 heavy (non-hydrogen) atoms. The molecule has 3 unspecified atom stereocenters. The molecule has 0 aliphatic carbocycles. The lowest BCUT2D eigenvalue weighted by Gasteiger charge is -2.39. The number of hydrogen-bond donors (Lipinski definition) is 2. The SMILES string of the molecule is CCC(C(N)=NO)N1CCN(CC2CCC(C)O2)CC1. The average Bonchev–Trinajstić information content (AvgIpc) is 2.86. The van der Waals surface area contributed by atoms with E-state index in [0.29, 0.717) is 18.0 Å². The molecule has 6 heteroatoms. The van der Waals surface area contributed by atoms with Gasteiger partial charge in [-0.25, -0.2) is 0 Å². The third-order valence-electron chi connectivity index (χ3n) is 4.47. The summed E-state index contributed by atoms with van der Waals surface area (Å²) in [5.41, 5.74) is 5.77. The molecule has 2 aliphatic heterocycles. The predicted molar refractivity (Wildman–Crippen MR) is 79.1 cm³/mol. The van der Waals surface area contributed by atoms with Crippen LogP contribution >= 0.6 is 0 Å². The number of amidine groups is 1. The van der Waals surface area contributed by atoms with Crippen LogP contribution in [0.1, 0.15) is 33.1 Å². The molecule has 0 radical (unpaired) electrons. The molecule has 2 fully saturated rings. The molecule has 2 aliphatic rings. The Balaban J connectivity index is 1.77. The van der Waals surface area contributed by atoms with E-state index in [1.54, 1.807) is 0 Å². The van der Waals surface area contributed by atoms with Crippen LogP contribution in [0.5, 0.6) is 0 Å². The second kappa shape index (κ2) is 7.24. The average molecular weight is 284 g/mol. The van der Waals surface area contributed by atoms with Crippen LogP contribution in [0.25, 0.3) is 0 Å². The molecule has 2 saturated heterocycles. The van der Waals surface area contributed by atoms with Crippen molar-refractivity contribution in [2.75, 3.05) is 32.7 Å². The van der Waals surface area contributed by atoms with Crippen molar-refractivity contribution in [3.8, 4) is 0 Å². The van der Waals surface area contributed by atoms with E-state index in [0.717, 1.165) is 39.1 Å². The topological polar surface area (TPSA) is 74.3 Å². The van der Waals surface area contributed by atoms with Crippen molar-refractivity contribution in [3.05, 3.63) is 0 Å². The summed E-state index contributed by atoms with van der Waals surface area (Å²) in [6, 6.07) is 0.0601. The fourth-order valence-electron chi connectivity index (χ4n) is 3.29. The maximum Gasteiger partial charge on any atom is 0.156 e. The van der Waals surface area contributed by atoms with Crippen LogP contribution in [0.4, 0.5) is 0 Å². The second-order valence-electron chi connectivity index (χ2n) is 5.93. The van der Waals surface area contributed by atoms with Gasteiger partial charge in [-0.1, -0.05) is 12.1 Å². The van der Waals surface area contributed by atoms with Gasteiger partial charge in [0.15, 0.2) is 5.84 Å². The second-order valence-corrected chi connectivity index (χ2v) is 5.93. The van der Waals surface area contributed by atoms with Gasteiger partial charge >= 0.3 is 0 Å². The van der Waals surface area contributed by atoms with Crippen LogP contribution in [0.3, 0.4) is 0 Å². The van der Waals surface area contributed by atoms with Crippen LogP contribution in [-0.4, -0.2) is 71.8 Å². The fourth-order valence-corrected chi connectivity index (χ4v) is 3.29. The van der Waals surface area contributed by atoms with E-state index in [9.17, 15) is 0 Å². The van der Waals surface area contributed by atoms with Gasteiger partial charge in [0.05, 0.1) is 18.2 Å². The van der Waals surface area contributed by atoms with E-state index in [1.165, 1.54) is 12.8 Å². The summed E-state index contributed by atoms with van der Waals surface area (Å²) in [4.78, 5) is 4.78. The minimum Gasteiger partial charge on any atom is -0.409 e. The Morgan fingerprint density at radius 3 is 2.55 bits per heavy atom. The minimum atomic E-state index is 0.0601. The summed E-state index contributed by atoms with van der Waals surface area (Å²) >= 11 is 0. The van der Waals surface area contributed by atoms with Gasteiger partial charge in [-0.05, 0) is 26.2 Å². The van der Waals surface area contributed by atoms with E-state index >= 15 is 0 Å². The zero-order valence-electron chi connectivity index (χ0n) is 12.7. The van der Waals surface area contributed by atoms with Crippen molar-refractivity contribution in [2.45, 2.75) is 51.4 Å². The van der Waals surface area contributed by atoms with Crippen LogP contribution < -0.4 is 5.73 Å². The molecule has 3 atom stereocenters. The van der Waals surface area contributed by atoms with Crippen molar-refractivity contribution in [3.63, 3.8) is 0 Å². The molecule has 3 N–H and O–H groups in total. The van der Waals surface area contributed by atoms with Crippen molar-refractivity contribution >= 4 is 5.84 Å². The van der Waals surface area contributed by atoms with Gasteiger partial charge in [-0.2, -0.15) is 0 Å². The first-order valence-electron chi connectivity index (χ1n) is 7.73. The number of oxime groups is 1. The Labute approximate surface area is 121 Å². The molecule has 0 aromatic heterocycles. The highest BCUT2D eigenvalue weighted by molar-refractivity contribution is 5.85. The van der Waals surface area contributed by atoms with Gasteiger partial charge in [0.1, 0.15) is 0 Å². The van der Waals surface area contributed by atoms with Crippen LogP contribution in [0.2, 0.25) is 0 Å². The first kappa shape index (κ1) is 15.5. The van der Waals surface area contributed by atoms with Crippen LogP contribution in [0, 0.1) is 0 Å². The van der Waals surface area contributed by atoms with E-state index in [1.807, 2.05) is 0 Å². The number of piperazine rings is 1. The van der Waals surface area contributed by atoms with Gasteiger partial charge in [0.2, 0.25) is 0 Å². The lowest BCUT2D eigenvalue weighted by molar-refractivity contribution is 0.0170. The first-order valence-corrected chi connectivity index (χ1v) is 7.73. The lowest BCUT2D eigenvalue weighted by Crippen LogP contribution is -2.54. The zero-order chi connectivity index (χ0) is 14.5. The molecule has 6 nitrogen and oxygen atoms in total. The molecule has 0 aromatic rings. The molecule has 2 rings (SSSR count). The first-order chi connectivity index (χ1) is 9.63. The summed E-state index contributed by atoms with van der Waals surface area (Å²) in [5.74, 6) is 0.328. The van der Waals surface area contributed by atoms with E-state index in [2.05, 4.69) is 28.8 Å². The van der Waals surface area contributed by atoms with Crippen molar-refractivity contribution in [1.29, 1.82) is 0 Å². The van der Waals surface area contributed by atoms with Gasteiger partial charge in [-0.15, -0.1) is 0 Å². The Kier molecular flexibility index (Phi) is 5.63. The maximum absolute atomic E-state index is 8.84. The Bertz CT molecular complexity index is 329. The van der Waals surface area contributed by atoms with Crippen molar-refractivity contribution in [2.24, 2.45) is 10.9 Å². The largest absolute Gasteiger partial charge is 0.409 e. The molecular formula is C14H28N4O2. The highest BCUT2D eigenvalue weighted by atomic mass is 16.5. The number of hydrogen-bond acceptors (Lipinski definition) is 5. The molecular weight excluding hydrogens is 256 g/mol. The Morgan fingerprint density at radius 2 is 2.05 bits per heavy atom. The van der Waals surface area contributed by atoms with E-state index in [-0.39, 0.29) is 6.04 Å². The summed E-state index contributed by atoms with van der Waals surface area (Å²) in [5, 5.41) is 12.0. The molecule has 0 saturated carbocycles. The van der Waals surface area contributed by atoms with E-state index < -0.39 is 0 Å². The number of rotatable bonds is 5. The fraction of sp³-hybridized carbons (Fsp3) is 0.929. The normalized spacial score (nSPS) is 31.6. The maximum atomic E-state index is 8.84. The van der Waals surface area contributed by atoms with Gasteiger partial charge < -0.3 is 15.7 Å². The third-order valence-corrected chi connectivity index (χ3v) is 4.47. The number of nitrogens with zero attached hydrogens (tertiary/aromatic N) is 3. The van der Waals surface area contributed by atoms with Crippen molar-refractivity contribution in [1.82, 2.24) is 9.80 Å². The monoisotopic (exact) mass is 284 g/mol. The molecule has 0 amide bonds. The number of nitrogens with two attached hydrogens (primary N) is 1. The van der Waals surface area contributed by atoms with Crippen LogP contribution in [0.15, 0.2) is 5.16 Å². The van der Waals surface area contributed by atoms with Gasteiger partial charge in [0.25, 0.3) is 0 Å².